The minimum Gasteiger partial charge on any atom is -0.480 e. The minimum atomic E-state index is -4.22. The molecule has 9 heteroatoms. The normalized spacial score (nSPS) is 31.8. The van der Waals surface area contributed by atoms with Crippen molar-refractivity contribution in [2.24, 2.45) is 5.92 Å². The summed E-state index contributed by atoms with van der Waals surface area (Å²) in [5.41, 5.74) is 0. The summed E-state index contributed by atoms with van der Waals surface area (Å²) >= 11 is 0. The van der Waals surface area contributed by atoms with Gasteiger partial charge in [-0.3, -0.25) is 9.69 Å². The molecule has 1 heterocycles. The standard InChI is InChI=1S/C17H28F3N3O3/c1-4-22(9-15(24)25)14-6-13(7-14)21-16(26)23-10(2)5-12(11(23)3)8-17(18,19)20/h10-14H,4-9H2,1-3H3,(H,21,26)(H,24,25)/t10-,11+,12?,13?,14?/m0/s1. The van der Waals surface area contributed by atoms with E-state index in [9.17, 15) is 22.8 Å². The monoisotopic (exact) mass is 379 g/mol. The van der Waals surface area contributed by atoms with Crippen LogP contribution >= 0.6 is 0 Å². The van der Waals surface area contributed by atoms with Gasteiger partial charge in [0.25, 0.3) is 0 Å². The van der Waals surface area contributed by atoms with E-state index in [1.54, 1.807) is 13.8 Å². The smallest absolute Gasteiger partial charge is 0.389 e. The quantitative estimate of drug-likeness (QED) is 0.744. The van der Waals surface area contributed by atoms with Crippen molar-refractivity contribution in [3.8, 4) is 0 Å². The lowest BCUT2D eigenvalue weighted by atomic mass is 9.85. The average Bonchev–Trinajstić information content (AvgIpc) is 2.72. The van der Waals surface area contributed by atoms with Crippen LogP contribution in [0.2, 0.25) is 0 Å². The first-order valence-electron chi connectivity index (χ1n) is 9.13. The number of halogens is 3. The van der Waals surface area contributed by atoms with Crippen molar-refractivity contribution < 1.29 is 27.9 Å². The number of carbonyl (C=O) groups excluding carboxylic acids is 1. The van der Waals surface area contributed by atoms with Crippen molar-refractivity contribution >= 4 is 12.0 Å². The van der Waals surface area contributed by atoms with Crippen molar-refractivity contribution in [3.05, 3.63) is 0 Å². The SMILES string of the molecule is CCN(CC(=O)O)C1CC(NC(=O)N2[C@H](C)C(CC(F)(F)F)C[C@@H]2C)C1. The van der Waals surface area contributed by atoms with Crippen LogP contribution in [0.5, 0.6) is 0 Å². The predicted molar refractivity (Wildman–Crippen MR) is 89.8 cm³/mol. The fourth-order valence-electron chi connectivity index (χ4n) is 4.24. The zero-order chi connectivity index (χ0) is 19.6. The van der Waals surface area contributed by atoms with E-state index in [0.29, 0.717) is 25.8 Å². The van der Waals surface area contributed by atoms with Gasteiger partial charge in [-0.15, -0.1) is 0 Å². The second-order valence-electron chi connectivity index (χ2n) is 7.54. The molecular weight excluding hydrogens is 351 g/mol. The van der Waals surface area contributed by atoms with Crippen molar-refractivity contribution in [2.75, 3.05) is 13.1 Å². The molecule has 1 aliphatic carbocycles. The Morgan fingerprint density at radius 1 is 1.23 bits per heavy atom. The first-order valence-corrected chi connectivity index (χ1v) is 9.13. The van der Waals surface area contributed by atoms with Crippen LogP contribution in [0.1, 0.15) is 46.5 Å². The third-order valence-corrected chi connectivity index (χ3v) is 5.67. The van der Waals surface area contributed by atoms with Gasteiger partial charge in [-0.25, -0.2) is 4.79 Å². The van der Waals surface area contributed by atoms with E-state index >= 15 is 0 Å². The molecule has 6 nitrogen and oxygen atoms in total. The molecule has 1 unspecified atom stereocenters. The van der Waals surface area contributed by atoms with Crippen molar-refractivity contribution in [1.29, 1.82) is 0 Å². The van der Waals surface area contributed by atoms with E-state index in [1.165, 1.54) is 4.90 Å². The van der Waals surface area contributed by atoms with Gasteiger partial charge in [-0.1, -0.05) is 6.92 Å². The Kier molecular flexibility index (Phi) is 6.42. The van der Waals surface area contributed by atoms with Gasteiger partial charge in [-0.05, 0) is 45.6 Å². The lowest BCUT2D eigenvalue weighted by molar-refractivity contribution is -0.145. The number of rotatable bonds is 6. The third-order valence-electron chi connectivity index (χ3n) is 5.67. The van der Waals surface area contributed by atoms with Gasteiger partial charge in [0.15, 0.2) is 0 Å². The van der Waals surface area contributed by atoms with E-state index in [2.05, 4.69) is 5.32 Å². The molecule has 2 fully saturated rings. The largest absolute Gasteiger partial charge is 0.480 e. The van der Waals surface area contributed by atoms with Crippen molar-refractivity contribution in [3.63, 3.8) is 0 Å². The number of amides is 2. The second kappa shape index (κ2) is 8.02. The zero-order valence-corrected chi connectivity index (χ0v) is 15.4. The van der Waals surface area contributed by atoms with E-state index in [-0.39, 0.29) is 30.7 Å². The average molecular weight is 379 g/mol. The molecular formula is C17H28F3N3O3. The van der Waals surface area contributed by atoms with Crippen molar-refractivity contribution in [1.82, 2.24) is 15.1 Å². The number of nitrogens with zero attached hydrogens (tertiary/aromatic N) is 2. The summed E-state index contributed by atoms with van der Waals surface area (Å²) in [5.74, 6) is -1.45. The number of urea groups is 1. The van der Waals surface area contributed by atoms with Crippen LogP contribution in [0.3, 0.4) is 0 Å². The Hall–Kier alpha value is -1.51. The fraction of sp³-hybridized carbons (Fsp3) is 0.882. The molecule has 0 aromatic rings. The molecule has 2 N–H and O–H groups in total. The summed E-state index contributed by atoms with van der Waals surface area (Å²) in [6.07, 6.45) is -3.41. The minimum absolute atomic E-state index is 0.0266. The maximum Gasteiger partial charge on any atom is 0.389 e. The van der Waals surface area contributed by atoms with Gasteiger partial charge in [0.2, 0.25) is 0 Å². The Morgan fingerprint density at radius 2 is 1.85 bits per heavy atom. The predicted octanol–water partition coefficient (Wildman–Crippen LogP) is 2.68. The number of carbonyl (C=O) groups is 2. The molecule has 150 valence electrons. The maximum absolute atomic E-state index is 12.7. The Labute approximate surface area is 151 Å². The van der Waals surface area contributed by atoms with E-state index < -0.39 is 30.5 Å². The highest BCUT2D eigenvalue weighted by atomic mass is 19.4. The Morgan fingerprint density at radius 3 is 2.35 bits per heavy atom. The number of carboxylic acid groups (broad SMARTS) is 1. The van der Waals surface area contributed by atoms with E-state index in [4.69, 9.17) is 5.11 Å². The first-order chi connectivity index (χ1) is 12.0. The molecule has 2 aliphatic rings. The fourth-order valence-corrected chi connectivity index (χ4v) is 4.24. The molecule has 3 atom stereocenters. The summed E-state index contributed by atoms with van der Waals surface area (Å²) in [5, 5.41) is 11.8. The van der Waals surface area contributed by atoms with Crippen LogP contribution in [-0.2, 0) is 4.79 Å². The van der Waals surface area contributed by atoms with E-state index in [0.717, 1.165) is 0 Å². The van der Waals surface area contributed by atoms with Crippen molar-refractivity contribution in [2.45, 2.75) is 76.8 Å². The molecule has 0 spiro atoms. The Bertz CT molecular complexity index is 523. The highest BCUT2D eigenvalue weighted by molar-refractivity contribution is 5.76. The molecule has 2 amide bonds. The summed E-state index contributed by atoms with van der Waals surface area (Å²) in [6.45, 7) is 5.94. The van der Waals surface area contributed by atoms with Crippen LogP contribution in [0.25, 0.3) is 0 Å². The highest BCUT2D eigenvalue weighted by Crippen LogP contribution is 2.38. The first kappa shape index (κ1) is 20.8. The molecule has 0 aromatic carbocycles. The second-order valence-corrected chi connectivity index (χ2v) is 7.54. The molecule has 1 aliphatic heterocycles. The lowest BCUT2D eigenvalue weighted by Gasteiger charge is -2.43. The number of hydrogen-bond acceptors (Lipinski definition) is 3. The summed E-state index contributed by atoms with van der Waals surface area (Å²) in [4.78, 5) is 26.8. The number of alkyl halides is 3. The lowest BCUT2D eigenvalue weighted by Crippen LogP contribution is -2.58. The van der Waals surface area contributed by atoms with Crippen LogP contribution in [-0.4, -0.2) is 70.3 Å². The molecule has 0 radical (unpaired) electrons. The van der Waals surface area contributed by atoms with Gasteiger partial charge >= 0.3 is 18.2 Å². The number of likely N-dealkylation sites (tertiary alicyclic amines) is 1. The number of carboxylic acids is 1. The Balaban J connectivity index is 1.84. The highest BCUT2D eigenvalue weighted by Gasteiger charge is 2.45. The van der Waals surface area contributed by atoms with Crippen LogP contribution in [0.15, 0.2) is 0 Å². The topological polar surface area (TPSA) is 72.9 Å². The van der Waals surface area contributed by atoms with Crippen LogP contribution < -0.4 is 5.32 Å². The third kappa shape index (κ3) is 5.02. The van der Waals surface area contributed by atoms with Gasteiger partial charge in [0.05, 0.1) is 6.54 Å². The van der Waals surface area contributed by atoms with Gasteiger partial charge < -0.3 is 15.3 Å². The molecule has 0 bridgehead atoms. The van der Waals surface area contributed by atoms with E-state index in [1.807, 2.05) is 11.8 Å². The number of nitrogens with one attached hydrogen (secondary N) is 1. The molecule has 2 rings (SSSR count). The van der Waals surface area contributed by atoms with Crippen LogP contribution in [0, 0.1) is 5.92 Å². The summed E-state index contributed by atoms with van der Waals surface area (Å²) in [6, 6.07) is -0.947. The summed E-state index contributed by atoms with van der Waals surface area (Å²) in [7, 11) is 0. The molecule has 0 aromatic heterocycles. The number of likely N-dealkylation sites (N-methyl/N-ethyl adjacent to an activating group) is 1. The number of hydrogen-bond donors (Lipinski definition) is 2. The number of aliphatic carboxylic acids is 1. The molecule has 1 saturated heterocycles. The maximum atomic E-state index is 12.7. The van der Waals surface area contributed by atoms with Gasteiger partial charge in [0.1, 0.15) is 0 Å². The van der Waals surface area contributed by atoms with Crippen LogP contribution in [0.4, 0.5) is 18.0 Å². The molecule has 26 heavy (non-hydrogen) atoms. The summed E-state index contributed by atoms with van der Waals surface area (Å²) < 4.78 is 38.1. The zero-order valence-electron chi connectivity index (χ0n) is 15.4. The molecule has 1 saturated carbocycles. The van der Waals surface area contributed by atoms with Gasteiger partial charge in [-0.2, -0.15) is 13.2 Å². The van der Waals surface area contributed by atoms with Gasteiger partial charge in [0, 0.05) is 30.6 Å².